The first-order chi connectivity index (χ1) is 6.99. The number of para-hydroxylation sites is 1. The fraction of sp³-hybridized carbons (Fsp3) is 0.222. The third-order valence-corrected chi connectivity index (χ3v) is 1.81. The molecule has 1 nitrogen and oxygen atoms in total. The summed E-state index contributed by atoms with van der Waals surface area (Å²) in [5.41, 5.74) is 0.854. The summed E-state index contributed by atoms with van der Waals surface area (Å²) in [6.45, 7) is 0. The summed E-state index contributed by atoms with van der Waals surface area (Å²) in [7, 11) is 0. The van der Waals surface area contributed by atoms with Crippen molar-refractivity contribution in [2.24, 2.45) is 4.99 Å². The standard InChI is InChI=1S/C7H5NS.C2H2BrF3/c9-6-8-7-4-2-1-3-5-7;3-1-2(4,5)6/h1-5H;1H2. The Morgan fingerprint density at radius 3 is 2.07 bits per heavy atom. The number of benzene rings is 1. The molecule has 1 aromatic rings. The molecule has 1 rings (SSSR count). The van der Waals surface area contributed by atoms with E-state index in [1.165, 1.54) is 0 Å². The van der Waals surface area contributed by atoms with Crippen LogP contribution >= 0.6 is 28.1 Å². The maximum atomic E-state index is 10.7. The van der Waals surface area contributed by atoms with Crippen molar-refractivity contribution < 1.29 is 13.2 Å². The lowest BCUT2D eigenvalue weighted by Gasteiger charge is -1.95. The zero-order valence-corrected chi connectivity index (χ0v) is 9.86. The zero-order chi connectivity index (χ0) is 11.7. The SMILES string of the molecule is FC(F)(F)CBr.S=C=Nc1ccccc1. The highest BCUT2D eigenvalue weighted by atomic mass is 79.9. The predicted molar refractivity (Wildman–Crippen MR) is 61.0 cm³/mol. The van der Waals surface area contributed by atoms with Gasteiger partial charge in [-0.1, -0.05) is 34.1 Å². The number of thiocarbonyl (C=S) groups is 1. The Kier molecular flexibility index (Phi) is 7.21. The summed E-state index contributed by atoms with van der Waals surface area (Å²) < 4.78 is 32.2. The number of nitrogens with zero attached hydrogens (tertiary/aromatic N) is 1. The van der Waals surface area contributed by atoms with Crippen LogP contribution in [0.2, 0.25) is 0 Å². The normalized spacial score (nSPS) is 9.60. The molecular formula is C9H7BrF3NS. The number of rotatable bonds is 1. The molecule has 0 saturated carbocycles. The highest BCUT2D eigenvalue weighted by Gasteiger charge is 2.24. The van der Waals surface area contributed by atoms with E-state index in [1.807, 2.05) is 30.3 Å². The van der Waals surface area contributed by atoms with Gasteiger partial charge in [0.2, 0.25) is 0 Å². The van der Waals surface area contributed by atoms with Gasteiger partial charge in [-0.3, -0.25) is 0 Å². The Labute approximate surface area is 99.2 Å². The second kappa shape index (κ2) is 7.56. The van der Waals surface area contributed by atoms with E-state index < -0.39 is 11.5 Å². The van der Waals surface area contributed by atoms with Gasteiger partial charge in [-0.2, -0.15) is 18.2 Å². The third kappa shape index (κ3) is 9.59. The van der Waals surface area contributed by atoms with Gasteiger partial charge in [-0.15, -0.1) is 0 Å². The van der Waals surface area contributed by atoms with Crippen LogP contribution in [0.3, 0.4) is 0 Å². The summed E-state index contributed by atoms with van der Waals surface area (Å²) in [5.74, 6) is 0. The van der Waals surface area contributed by atoms with E-state index in [2.05, 4.69) is 38.3 Å². The minimum atomic E-state index is -4.04. The first-order valence-corrected chi connectivity index (χ1v) is 5.28. The first-order valence-electron chi connectivity index (χ1n) is 3.75. The number of alkyl halides is 4. The monoisotopic (exact) mass is 297 g/mol. The smallest absolute Gasteiger partial charge is 0.195 e. The summed E-state index contributed by atoms with van der Waals surface area (Å²) in [6.07, 6.45) is -4.04. The molecule has 0 bridgehead atoms. The van der Waals surface area contributed by atoms with Crippen molar-refractivity contribution in [3.63, 3.8) is 0 Å². The van der Waals surface area contributed by atoms with E-state index in [0.29, 0.717) is 0 Å². The lowest BCUT2D eigenvalue weighted by atomic mass is 10.3. The molecule has 0 spiro atoms. The summed E-state index contributed by atoms with van der Waals surface area (Å²) in [5, 5.41) is 1.38. The largest absolute Gasteiger partial charge is 0.398 e. The molecule has 82 valence electrons. The molecule has 0 unspecified atom stereocenters. The predicted octanol–water partition coefficient (Wildman–Crippen LogP) is 4.36. The molecule has 0 aromatic heterocycles. The van der Waals surface area contributed by atoms with Gasteiger partial charge in [0.25, 0.3) is 0 Å². The Morgan fingerprint density at radius 2 is 1.73 bits per heavy atom. The van der Waals surface area contributed by atoms with Crippen LogP contribution in [0, 0.1) is 0 Å². The molecule has 6 heteroatoms. The molecule has 0 atom stereocenters. The van der Waals surface area contributed by atoms with E-state index in [9.17, 15) is 13.2 Å². The molecule has 1 aromatic carbocycles. The van der Waals surface area contributed by atoms with E-state index >= 15 is 0 Å². The van der Waals surface area contributed by atoms with Gasteiger partial charge in [0, 0.05) is 0 Å². The molecule has 0 aliphatic heterocycles. The quantitative estimate of drug-likeness (QED) is 0.426. The summed E-state index contributed by atoms with van der Waals surface area (Å²) in [4.78, 5) is 3.77. The first kappa shape index (κ1) is 14.3. The summed E-state index contributed by atoms with van der Waals surface area (Å²) in [6, 6.07) is 9.50. The van der Waals surface area contributed by atoms with Gasteiger partial charge >= 0.3 is 6.18 Å². The highest BCUT2D eigenvalue weighted by molar-refractivity contribution is 9.09. The molecule has 0 amide bonds. The van der Waals surface area contributed by atoms with Gasteiger partial charge in [0.05, 0.1) is 16.2 Å². The Morgan fingerprint density at radius 1 is 1.27 bits per heavy atom. The molecule has 0 fully saturated rings. The van der Waals surface area contributed by atoms with Crippen LogP contribution in [0.5, 0.6) is 0 Å². The zero-order valence-electron chi connectivity index (χ0n) is 7.46. The van der Waals surface area contributed by atoms with Crippen LogP contribution in [0.1, 0.15) is 0 Å². The van der Waals surface area contributed by atoms with Crippen molar-refractivity contribution in [2.75, 3.05) is 5.33 Å². The topological polar surface area (TPSA) is 12.4 Å². The minimum absolute atomic E-state index is 0.854. The lowest BCUT2D eigenvalue weighted by Crippen LogP contribution is -2.07. The van der Waals surface area contributed by atoms with Crippen molar-refractivity contribution in [1.82, 2.24) is 0 Å². The third-order valence-electron chi connectivity index (χ3n) is 1.08. The Balaban J connectivity index is 0.000000288. The van der Waals surface area contributed by atoms with Crippen LogP contribution in [0.4, 0.5) is 18.9 Å². The van der Waals surface area contributed by atoms with E-state index in [-0.39, 0.29) is 0 Å². The molecule has 0 aliphatic rings. The van der Waals surface area contributed by atoms with Crippen molar-refractivity contribution in [2.45, 2.75) is 6.18 Å². The molecule has 0 radical (unpaired) electrons. The fourth-order valence-electron chi connectivity index (χ4n) is 0.555. The number of isothiocyanates is 1. The Bertz CT molecular complexity index is 320. The van der Waals surface area contributed by atoms with Crippen LogP contribution in [0.25, 0.3) is 0 Å². The van der Waals surface area contributed by atoms with Gasteiger partial charge < -0.3 is 0 Å². The number of aliphatic imine (C=N–C) groups is 1. The van der Waals surface area contributed by atoms with Crippen LogP contribution in [-0.2, 0) is 0 Å². The minimum Gasteiger partial charge on any atom is -0.195 e. The van der Waals surface area contributed by atoms with Gasteiger partial charge in [0.15, 0.2) is 0 Å². The van der Waals surface area contributed by atoms with Gasteiger partial charge in [-0.25, -0.2) is 0 Å². The van der Waals surface area contributed by atoms with Gasteiger partial charge in [-0.05, 0) is 24.4 Å². The maximum absolute atomic E-state index is 10.7. The van der Waals surface area contributed by atoms with E-state index in [0.717, 1.165) is 5.69 Å². The van der Waals surface area contributed by atoms with E-state index in [1.54, 1.807) is 0 Å². The number of hydrogen-bond acceptors (Lipinski definition) is 2. The fourth-order valence-corrected chi connectivity index (χ4v) is 0.661. The molecule has 0 saturated heterocycles. The van der Waals surface area contributed by atoms with Crippen LogP contribution in [-0.4, -0.2) is 16.7 Å². The molecule has 0 N–H and O–H groups in total. The van der Waals surface area contributed by atoms with Crippen LogP contribution < -0.4 is 0 Å². The summed E-state index contributed by atoms with van der Waals surface area (Å²) >= 11 is 6.66. The molecule has 0 heterocycles. The van der Waals surface area contributed by atoms with Crippen molar-refractivity contribution >= 4 is 39.0 Å². The van der Waals surface area contributed by atoms with Crippen molar-refractivity contribution in [1.29, 1.82) is 0 Å². The highest BCUT2D eigenvalue weighted by Crippen LogP contribution is 2.16. The second-order valence-corrected chi connectivity index (χ2v) is 3.03. The molecule has 0 aliphatic carbocycles. The number of halogens is 4. The average molecular weight is 298 g/mol. The maximum Gasteiger partial charge on any atom is 0.398 e. The average Bonchev–Trinajstić information content (AvgIpc) is 2.20. The molecular weight excluding hydrogens is 291 g/mol. The van der Waals surface area contributed by atoms with Crippen LogP contribution in [0.15, 0.2) is 35.3 Å². The van der Waals surface area contributed by atoms with Crippen molar-refractivity contribution in [3.05, 3.63) is 30.3 Å². The van der Waals surface area contributed by atoms with Gasteiger partial charge in [0.1, 0.15) is 0 Å². The van der Waals surface area contributed by atoms with E-state index in [4.69, 9.17) is 0 Å². The molecule has 15 heavy (non-hydrogen) atoms. The second-order valence-electron chi connectivity index (χ2n) is 2.29. The Hall–Kier alpha value is -0.710. The van der Waals surface area contributed by atoms with Crippen molar-refractivity contribution in [3.8, 4) is 0 Å². The number of hydrogen-bond donors (Lipinski definition) is 0. The lowest BCUT2D eigenvalue weighted by molar-refractivity contribution is -0.104.